The molecule has 64 valence electrons. The summed E-state index contributed by atoms with van der Waals surface area (Å²) in [4.78, 5) is 0. The van der Waals surface area contributed by atoms with Crippen LogP contribution in [0.5, 0.6) is 0 Å². The predicted octanol–water partition coefficient (Wildman–Crippen LogP) is 2.73. The van der Waals surface area contributed by atoms with Crippen molar-refractivity contribution in [1.29, 1.82) is 5.26 Å². The smallest absolute Gasteiger partial charge is 0.0994 e. The van der Waals surface area contributed by atoms with Crippen LogP contribution in [-0.2, 0) is 6.42 Å². The van der Waals surface area contributed by atoms with Crippen LogP contribution >= 0.6 is 11.5 Å². The first-order chi connectivity index (χ1) is 6.35. The van der Waals surface area contributed by atoms with E-state index < -0.39 is 0 Å². The summed E-state index contributed by atoms with van der Waals surface area (Å²) in [6.45, 7) is 2.06. The Balaban J connectivity index is 2.76. The molecule has 1 aromatic heterocycles. The summed E-state index contributed by atoms with van der Waals surface area (Å²) in [7, 11) is 0. The van der Waals surface area contributed by atoms with E-state index in [4.69, 9.17) is 5.26 Å². The second kappa shape index (κ2) is 3.15. The predicted molar refractivity (Wildman–Crippen MR) is 53.7 cm³/mol. The van der Waals surface area contributed by atoms with Gasteiger partial charge in [-0.1, -0.05) is 6.92 Å². The average molecular weight is 188 g/mol. The Morgan fingerprint density at radius 2 is 2.38 bits per heavy atom. The monoisotopic (exact) mass is 188 g/mol. The Hall–Kier alpha value is -1.40. The van der Waals surface area contributed by atoms with Crippen LogP contribution in [0.4, 0.5) is 0 Å². The van der Waals surface area contributed by atoms with Crippen molar-refractivity contribution in [3.63, 3.8) is 0 Å². The van der Waals surface area contributed by atoms with E-state index >= 15 is 0 Å². The number of fused-ring (bicyclic) bond motifs is 1. The van der Waals surface area contributed by atoms with Crippen molar-refractivity contribution < 1.29 is 0 Å². The number of aryl methyl sites for hydroxylation is 1. The molecule has 13 heavy (non-hydrogen) atoms. The number of nitriles is 1. The molecule has 0 aliphatic carbocycles. The van der Waals surface area contributed by atoms with Gasteiger partial charge in [-0.25, -0.2) is 0 Å². The lowest BCUT2D eigenvalue weighted by Crippen LogP contribution is -1.85. The Kier molecular flexibility index (Phi) is 1.99. The van der Waals surface area contributed by atoms with Gasteiger partial charge in [0.25, 0.3) is 0 Å². The van der Waals surface area contributed by atoms with E-state index in [1.807, 2.05) is 6.07 Å². The highest BCUT2D eigenvalue weighted by molar-refractivity contribution is 7.13. The lowest BCUT2D eigenvalue weighted by Gasteiger charge is -1.98. The minimum Gasteiger partial charge on any atom is -0.200 e. The molecule has 1 heterocycles. The molecule has 2 aromatic rings. The fourth-order valence-corrected chi connectivity index (χ4v) is 2.05. The van der Waals surface area contributed by atoms with Gasteiger partial charge in [0.2, 0.25) is 0 Å². The van der Waals surface area contributed by atoms with Gasteiger partial charge in [-0.2, -0.15) is 9.64 Å². The molecule has 0 atom stereocenters. The first-order valence-corrected chi connectivity index (χ1v) is 4.90. The lowest BCUT2D eigenvalue weighted by atomic mass is 10.0. The standard InChI is InChI=1S/C10H8N2S/c1-2-7-4-10-9(6-12-13-10)3-8(7)5-11/h3-4,6H,2H2,1H3. The Labute approximate surface area is 80.6 Å². The fraction of sp³-hybridized carbons (Fsp3) is 0.200. The zero-order valence-corrected chi connectivity index (χ0v) is 8.06. The molecule has 2 rings (SSSR count). The van der Waals surface area contributed by atoms with Crippen LogP contribution in [0.25, 0.3) is 10.1 Å². The maximum absolute atomic E-state index is 8.88. The number of rotatable bonds is 1. The van der Waals surface area contributed by atoms with Crippen molar-refractivity contribution in [1.82, 2.24) is 4.37 Å². The lowest BCUT2D eigenvalue weighted by molar-refractivity contribution is 1.13. The molecule has 0 aliphatic heterocycles. The molecule has 0 N–H and O–H groups in total. The second-order valence-electron chi connectivity index (χ2n) is 2.84. The number of hydrogen-bond donors (Lipinski definition) is 0. The summed E-state index contributed by atoms with van der Waals surface area (Å²) in [6.07, 6.45) is 2.71. The third-order valence-corrected chi connectivity index (χ3v) is 2.84. The molecule has 0 saturated carbocycles. The molecule has 0 spiro atoms. The number of benzene rings is 1. The highest BCUT2D eigenvalue weighted by Gasteiger charge is 2.03. The second-order valence-corrected chi connectivity index (χ2v) is 3.67. The molecular formula is C10H8N2S. The summed E-state index contributed by atoms with van der Waals surface area (Å²) in [6, 6.07) is 6.18. The molecule has 0 aliphatic rings. The van der Waals surface area contributed by atoms with E-state index in [0.29, 0.717) is 0 Å². The fourth-order valence-electron chi connectivity index (χ4n) is 1.36. The van der Waals surface area contributed by atoms with E-state index in [-0.39, 0.29) is 0 Å². The van der Waals surface area contributed by atoms with Crippen molar-refractivity contribution in [2.45, 2.75) is 13.3 Å². The summed E-state index contributed by atoms with van der Waals surface area (Å²) in [5, 5.41) is 9.95. The molecule has 1 aromatic carbocycles. The van der Waals surface area contributed by atoms with Crippen LogP contribution < -0.4 is 0 Å². The van der Waals surface area contributed by atoms with Crippen LogP contribution in [0, 0.1) is 11.3 Å². The van der Waals surface area contributed by atoms with Gasteiger partial charge in [0.1, 0.15) is 0 Å². The van der Waals surface area contributed by atoms with E-state index in [1.54, 1.807) is 6.20 Å². The highest BCUT2D eigenvalue weighted by Crippen LogP contribution is 2.22. The summed E-state index contributed by atoms with van der Waals surface area (Å²) in [5.74, 6) is 0. The normalized spacial score (nSPS) is 10.2. The molecular weight excluding hydrogens is 180 g/mol. The average Bonchev–Trinajstić information content (AvgIpc) is 2.62. The molecule has 0 radical (unpaired) electrons. The minimum absolute atomic E-state index is 0.773. The van der Waals surface area contributed by atoms with Crippen molar-refractivity contribution in [2.75, 3.05) is 0 Å². The Morgan fingerprint density at radius 1 is 1.54 bits per heavy atom. The summed E-state index contributed by atoms with van der Waals surface area (Å²) in [5.41, 5.74) is 1.88. The van der Waals surface area contributed by atoms with E-state index in [1.165, 1.54) is 11.5 Å². The maximum atomic E-state index is 8.88. The van der Waals surface area contributed by atoms with Crippen LogP contribution in [0.15, 0.2) is 18.3 Å². The van der Waals surface area contributed by atoms with Crippen LogP contribution in [0.3, 0.4) is 0 Å². The Morgan fingerprint density at radius 3 is 3.08 bits per heavy atom. The molecule has 3 heteroatoms. The van der Waals surface area contributed by atoms with Crippen LogP contribution in [-0.4, -0.2) is 4.37 Å². The number of aromatic nitrogens is 1. The van der Waals surface area contributed by atoms with Gasteiger partial charge in [-0.15, -0.1) is 0 Å². The van der Waals surface area contributed by atoms with Crippen LogP contribution in [0.2, 0.25) is 0 Å². The molecule has 0 fully saturated rings. The van der Waals surface area contributed by atoms with Crippen molar-refractivity contribution in [3.05, 3.63) is 29.5 Å². The van der Waals surface area contributed by atoms with Gasteiger partial charge < -0.3 is 0 Å². The van der Waals surface area contributed by atoms with Gasteiger partial charge in [-0.3, -0.25) is 0 Å². The third kappa shape index (κ3) is 1.30. The van der Waals surface area contributed by atoms with Crippen molar-refractivity contribution >= 4 is 21.6 Å². The molecule has 0 saturated heterocycles. The van der Waals surface area contributed by atoms with E-state index in [0.717, 1.165) is 27.6 Å². The SMILES string of the molecule is CCc1cc2sncc2cc1C#N. The summed E-state index contributed by atoms with van der Waals surface area (Å²) < 4.78 is 5.25. The van der Waals surface area contributed by atoms with Crippen LogP contribution in [0.1, 0.15) is 18.1 Å². The van der Waals surface area contributed by atoms with Gasteiger partial charge in [0.05, 0.1) is 16.3 Å². The number of hydrogen-bond acceptors (Lipinski definition) is 3. The van der Waals surface area contributed by atoms with Gasteiger partial charge >= 0.3 is 0 Å². The molecule has 0 amide bonds. The topological polar surface area (TPSA) is 36.7 Å². The van der Waals surface area contributed by atoms with Gasteiger partial charge in [0.15, 0.2) is 0 Å². The van der Waals surface area contributed by atoms with Crippen molar-refractivity contribution in [2.24, 2.45) is 0 Å². The quantitative estimate of drug-likeness (QED) is 0.690. The zero-order valence-electron chi connectivity index (χ0n) is 7.24. The van der Waals surface area contributed by atoms with Crippen molar-refractivity contribution in [3.8, 4) is 6.07 Å². The van der Waals surface area contributed by atoms with E-state index in [2.05, 4.69) is 23.4 Å². The molecule has 0 unspecified atom stereocenters. The van der Waals surface area contributed by atoms with Gasteiger partial charge in [-0.05, 0) is 35.6 Å². The minimum atomic E-state index is 0.773. The van der Waals surface area contributed by atoms with E-state index in [9.17, 15) is 0 Å². The zero-order chi connectivity index (χ0) is 9.26. The largest absolute Gasteiger partial charge is 0.200 e. The maximum Gasteiger partial charge on any atom is 0.0994 e. The molecule has 0 bridgehead atoms. The molecule has 2 nitrogen and oxygen atoms in total. The van der Waals surface area contributed by atoms with Gasteiger partial charge in [0, 0.05) is 11.6 Å². The number of nitrogens with zero attached hydrogens (tertiary/aromatic N) is 2. The highest BCUT2D eigenvalue weighted by atomic mass is 32.1. The Bertz CT molecular complexity index is 479. The first kappa shape index (κ1) is 8.21. The third-order valence-electron chi connectivity index (χ3n) is 2.08. The summed E-state index contributed by atoms with van der Waals surface area (Å²) >= 11 is 1.48. The first-order valence-electron chi connectivity index (χ1n) is 4.12.